The SMILES string of the molecule is COc1ccccc1C1C=C(c2cc(Cl)ccc2O)NN1. The van der Waals surface area contributed by atoms with E-state index in [0.29, 0.717) is 10.6 Å². The molecule has 1 aliphatic heterocycles. The molecule has 2 aromatic rings. The number of hydrogen-bond donors (Lipinski definition) is 3. The molecular formula is C16H15ClN2O2. The van der Waals surface area contributed by atoms with E-state index in [0.717, 1.165) is 17.0 Å². The van der Waals surface area contributed by atoms with Crippen LogP contribution in [0.2, 0.25) is 5.02 Å². The molecule has 0 saturated carbocycles. The third-order valence-electron chi connectivity index (χ3n) is 3.42. The Labute approximate surface area is 128 Å². The Hall–Kier alpha value is -2.17. The topological polar surface area (TPSA) is 53.5 Å². The zero-order chi connectivity index (χ0) is 14.8. The summed E-state index contributed by atoms with van der Waals surface area (Å²) < 4.78 is 5.37. The van der Waals surface area contributed by atoms with Gasteiger partial charge >= 0.3 is 0 Å². The summed E-state index contributed by atoms with van der Waals surface area (Å²) in [5.41, 5.74) is 8.70. The Kier molecular flexibility index (Phi) is 3.73. The highest BCUT2D eigenvalue weighted by Crippen LogP contribution is 2.33. The average Bonchev–Trinajstić information content (AvgIpc) is 2.99. The smallest absolute Gasteiger partial charge is 0.125 e. The van der Waals surface area contributed by atoms with E-state index < -0.39 is 0 Å². The number of rotatable bonds is 3. The first-order valence-corrected chi connectivity index (χ1v) is 6.92. The first kappa shape index (κ1) is 13.8. The van der Waals surface area contributed by atoms with Crippen molar-refractivity contribution in [1.82, 2.24) is 10.9 Å². The van der Waals surface area contributed by atoms with Gasteiger partial charge < -0.3 is 15.3 Å². The van der Waals surface area contributed by atoms with Crippen LogP contribution in [-0.2, 0) is 0 Å². The third kappa shape index (κ3) is 2.68. The number of halogens is 1. The Balaban J connectivity index is 1.96. The third-order valence-corrected chi connectivity index (χ3v) is 3.65. The summed E-state index contributed by atoms with van der Waals surface area (Å²) in [5.74, 6) is 0.991. The molecule has 21 heavy (non-hydrogen) atoms. The van der Waals surface area contributed by atoms with E-state index in [2.05, 4.69) is 10.9 Å². The lowest BCUT2D eigenvalue weighted by molar-refractivity contribution is 0.404. The van der Waals surface area contributed by atoms with Crippen molar-refractivity contribution < 1.29 is 9.84 Å². The van der Waals surface area contributed by atoms with E-state index in [9.17, 15) is 5.11 Å². The summed E-state index contributed by atoms with van der Waals surface area (Å²) in [6.45, 7) is 0. The highest BCUT2D eigenvalue weighted by Gasteiger charge is 2.21. The van der Waals surface area contributed by atoms with E-state index in [1.807, 2.05) is 30.3 Å². The number of hydrazine groups is 1. The minimum Gasteiger partial charge on any atom is -0.507 e. The van der Waals surface area contributed by atoms with Crippen LogP contribution < -0.4 is 15.6 Å². The van der Waals surface area contributed by atoms with E-state index in [1.54, 1.807) is 25.3 Å². The summed E-state index contributed by atoms with van der Waals surface area (Å²) in [7, 11) is 1.65. The van der Waals surface area contributed by atoms with Crippen molar-refractivity contribution in [3.63, 3.8) is 0 Å². The maximum Gasteiger partial charge on any atom is 0.125 e. The maximum absolute atomic E-state index is 9.96. The van der Waals surface area contributed by atoms with Crippen molar-refractivity contribution in [2.24, 2.45) is 0 Å². The number of phenols is 1. The predicted octanol–water partition coefficient (Wildman–Crippen LogP) is 3.24. The first-order valence-electron chi connectivity index (χ1n) is 6.54. The van der Waals surface area contributed by atoms with E-state index >= 15 is 0 Å². The number of aromatic hydroxyl groups is 1. The van der Waals surface area contributed by atoms with E-state index in [4.69, 9.17) is 16.3 Å². The number of hydrogen-bond acceptors (Lipinski definition) is 4. The molecule has 0 radical (unpaired) electrons. The predicted molar refractivity (Wildman–Crippen MR) is 83.1 cm³/mol. The van der Waals surface area contributed by atoms with Crippen molar-refractivity contribution in [1.29, 1.82) is 0 Å². The van der Waals surface area contributed by atoms with Gasteiger partial charge in [-0.05, 0) is 30.3 Å². The maximum atomic E-state index is 9.96. The summed E-state index contributed by atoms with van der Waals surface area (Å²) in [6.07, 6.45) is 1.99. The molecule has 0 fully saturated rings. The molecule has 2 aromatic carbocycles. The molecule has 0 amide bonds. The van der Waals surface area contributed by atoms with Crippen LogP contribution in [0.4, 0.5) is 0 Å². The van der Waals surface area contributed by atoms with Crippen LogP contribution in [0.25, 0.3) is 5.70 Å². The van der Waals surface area contributed by atoms with E-state index in [1.165, 1.54) is 0 Å². The number of phenolic OH excluding ortho intramolecular Hbond substituents is 1. The monoisotopic (exact) mass is 302 g/mol. The van der Waals surface area contributed by atoms with Gasteiger partial charge in [0.2, 0.25) is 0 Å². The lowest BCUT2D eigenvalue weighted by Crippen LogP contribution is -2.26. The number of nitrogens with one attached hydrogen (secondary N) is 2. The molecule has 1 aliphatic rings. The van der Waals surface area contributed by atoms with Crippen LogP contribution >= 0.6 is 11.6 Å². The van der Waals surface area contributed by atoms with Gasteiger partial charge in [0.25, 0.3) is 0 Å². The fourth-order valence-electron chi connectivity index (χ4n) is 2.38. The standard InChI is InChI=1S/C16H15ClN2O2/c1-21-16-5-3-2-4-11(16)13-9-14(19-18-13)12-8-10(17)6-7-15(12)20/h2-9,13,18-20H,1H3. The van der Waals surface area contributed by atoms with Gasteiger partial charge in [-0.3, -0.25) is 0 Å². The highest BCUT2D eigenvalue weighted by atomic mass is 35.5. The van der Waals surface area contributed by atoms with Gasteiger partial charge in [-0.25, -0.2) is 5.43 Å². The van der Waals surface area contributed by atoms with Gasteiger partial charge in [0.15, 0.2) is 0 Å². The Morgan fingerprint density at radius 3 is 2.81 bits per heavy atom. The van der Waals surface area contributed by atoms with Gasteiger partial charge in [0.1, 0.15) is 11.5 Å². The molecular weight excluding hydrogens is 288 g/mol. The zero-order valence-corrected chi connectivity index (χ0v) is 12.2. The van der Waals surface area contributed by atoms with Crippen LogP contribution in [0.3, 0.4) is 0 Å². The minimum atomic E-state index is -0.0467. The van der Waals surface area contributed by atoms with Crippen molar-refractivity contribution >= 4 is 17.3 Å². The summed E-state index contributed by atoms with van der Waals surface area (Å²) >= 11 is 5.99. The molecule has 4 nitrogen and oxygen atoms in total. The molecule has 0 aliphatic carbocycles. The fraction of sp³-hybridized carbons (Fsp3) is 0.125. The second kappa shape index (κ2) is 5.68. The molecule has 0 spiro atoms. The van der Waals surface area contributed by atoms with Crippen LogP contribution in [-0.4, -0.2) is 12.2 Å². The molecule has 0 aromatic heterocycles. The molecule has 1 atom stereocenters. The molecule has 0 bridgehead atoms. The first-order chi connectivity index (χ1) is 10.2. The van der Waals surface area contributed by atoms with Crippen LogP contribution in [0.15, 0.2) is 48.5 Å². The normalized spacial score (nSPS) is 17.2. The lowest BCUT2D eigenvalue weighted by Gasteiger charge is -2.13. The largest absolute Gasteiger partial charge is 0.507 e. The molecule has 108 valence electrons. The van der Waals surface area contributed by atoms with Gasteiger partial charge in [0, 0.05) is 16.1 Å². The summed E-state index contributed by atoms with van der Waals surface area (Å²) in [5, 5.41) is 10.5. The Morgan fingerprint density at radius 1 is 1.19 bits per heavy atom. The number of methoxy groups -OCH3 is 1. The van der Waals surface area contributed by atoms with Gasteiger partial charge in [0.05, 0.1) is 18.8 Å². The quantitative estimate of drug-likeness (QED) is 0.815. The average molecular weight is 303 g/mol. The number of para-hydroxylation sites is 1. The molecule has 0 saturated heterocycles. The van der Waals surface area contributed by atoms with Crippen molar-refractivity contribution in [3.8, 4) is 11.5 Å². The highest BCUT2D eigenvalue weighted by molar-refractivity contribution is 6.30. The Bertz CT molecular complexity index is 700. The fourth-order valence-corrected chi connectivity index (χ4v) is 2.55. The van der Waals surface area contributed by atoms with Crippen molar-refractivity contribution in [2.75, 3.05) is 7.11 Å². The van der Waals surface area contributed by atoms with Crippen molar-refractivity contribution in [3.05, 3.63) is 64.7 Å². The lowest BCUT2D eigenvalue weighted by atomic mass is 10.0. The van der Waals surface area contributed by atoms with Crippen LogP contribution in [0, 0.1) is 0 Å². The van der Waals surface area contributed by atoms with Crippen molar-refractivity contribution in [2.45, 2.75) is 6.04 Å². The zero-order valence-electron chi connectivity index (χ0n) is 11.4. The van der Waals surface area contributed by atoms with E-state index in [-0.39, 0.29) is 11.8 Å². The Morgan fingerprint density at radius 2 is 2.00 bits per heavy atom. The second-order valence-electron chi connectivity index (χ2n) is 4.73. The summed E-state index contributed by atoms with van der Waals surface area (Å²) in [4.78, 5) is 0. The molecule has 3 rings (SSSR count). The number of benzene rings is 2. The molecule has 1 heterocycles. The van der Waals surface area contributed by atoms with Gasteiger partial charge in [-0.1, -0.05) is 29.8 Å². The van der Waals surface area contributed by atoms with Crippen LogP contribution in [0.1, 0.15) is 17.2 Å². The second-order valence-corrected chi connectivity index (χ2v) is 5.17. The number of ether oxygens (including phenoxy) is 1. The minimum absolute atomic E-state index is 0.0467. The van der Waals surface area contributed by atoms with Gasteiger partial charge in [-0.15, -0.1) is 0 Å². The molecule has 1 unspecified atom stereocenters. The summed E-state index contributed by atoms with van der Waals surface area (Å²) in [6, 6.07) is 12.7. The van der Waals surface area contributed by atoms with Gasteiger partial charge in [-0.2, -0.15) is 0 Å². The molecule has 5 heteroatoms. The molecule has 3 N–H and O–H groups in total. The van der Waals surface area contributed by atoms with Crippen LogP contribution in [0.5, 0.6) is 11.5 Å².